The Bertz CT molecular complexity index is 1010. The van der Waals surface area contributed by atoms with E-state index < -0.39 is 35.1 Å². The van der Waals surface area contributed by atoms with E-state index in [0.29, 0.717) is 36.2 Å². The quantitative estimate of drug-likeness (QED) is 0.645. The molecule has 29 heavy (non-hydrogen) atoms. The van der Waals surface area contributed by atoms with Crippen LogP contribution in [0.25, 0.3) is 0 Å². The van der Waals surface area contributed by atoms with Gasteiger partial charge in [0.2, 0.25) is 5.91 Å². The summed E-state index contributed by atoms with van der Waals surface area (Å²) in [6, 6.07) is 6.52. The minimum absolute atomic E-state index is 0.00568. The van der Waals surface area contributed by atoms with Crippen LogP contribution < -0.4 is 0 Å². The van der Waals surface area contributed by atoms with Gasteiger partial charge in [-0.05, 0) is 47.9 Å². The molecule has 0 saturated carbocycles. The van der Waals surface area contributed by atoms with Crippen LogP contribution in [-0.2, 0) is 17.4 Å². The van der Waals surface area contributed by atoms with Crippen LogP contribution in [0.3, 0.4) is 0 Å². The number of halogens is 5. The van der Waals surface area contributed by atoms with Crippen LogP contribution in [-0.4, -0.2) is 41.2 Å². The first-order valence-corrected chi connectivity index (χ1v) is 9.27. The van der Waals surface area contributed by atoms with Crippen molar-refractivity contribution in [1.82, 2.24) is 9.80 Å². The van der Waals surface area contributed by atoms with Crippen LogP contribution in [0.2, 0.25) is 5.02 Å². The van der Waals surface area contributed by atoms with Gasteiger partial charge in [0, 0.05) is 18.1 Å². The molecular weight excluding hydrogens is 412 g/mol. The summed E-state index contributed by atoms with van der Waals surface area (Å²) in [6.45, 7) is 0.0959. The molecule has 2 aliphatic heterocycles. The van der Waals surface area contributed by atoms with E-state index in [2.05, 4.69) is 0 Å². The second-order valence-electron chi connectivity index (χ2n) is 7.07. The van der Waals surface area contributed by atoms with Gasteiger partial charge in [0.15, 0.2) is 0 Å². The third kappa shape index (κ3) is 3.57. The van der Waals surface area contributed by atoms with E-state index in [1.165, 1.54) is 0 Å². The van der Waals surface area contributed by atoms with E-state index in [1.54, 1.807) is 17.0 Å². The lowest BCUT2D eigenvalue weighted by Gasteiger charge is -2.44. The Labute approximate surface area is 168 Å². The van der Waals surface area contributed by atoms with E-state index in [1.807, 2.05) is 6.07 Å². The number of hydrogen-bond acceptors (Lipinski definition) is 2. The van der Waals surface area contributed by atoms with Crippen LogP contribution in [0.15, 0.2) is 36.4 Å². The Hall–Kier alpha value is -2.61. The van der Waals surface area contributed by atoms with Crippen LogP contribution >= 0.6 is 11.6 Å². The second-order valence-corrected chi connectivity index (χ2v) is 7.51. The van der Waals surface area contributed by atoms with E-state index in [9.17, 15) is 27.2 Å². The summed E-state index contributed by atoms with van der Waals surface area (Å²) >= 11 is 6.08. The van der Waals surface area contributed by atoms with Gasteiger partial charge < -0.3 is 9.80 Å². The molecule has 1 fully saturated rings. The Kier molecular flexibility index (Phi) is 4.77. The SMILES string of the molecule is O=C(c1cc(F)ccc1C(F)(F)F)N1CC(=O)N2CCc3ccc(Cl)cc3C2C1. The number of nitrogens with zero attached hydrogens (tertiary/aromatic N) is 2. The molecule has 9 heteroatoms. The lowest BCUT2D eigenvalue weighted by molar-refractivity contribution is -0.139. The first-order chi connectivity index (χ1) is 13.6. The number of benzene rings is 2. The summed E-state index contributed by atoms with van der Waals surface area (Å²) in [5, 5.41) is 0.464. The number of carbonyl (C=O) groups excluding carboxylic acids is 2. The molecule has 0 spiro atoms. The summed E-state index contributed by atoms with van der Waals surface area (Å²) in [6.07, 6.45) is -4.19. The number of amides is 2. The van der Waals surface area contributed by atoms with Gasteiger partial charge in [0.1, 0.15) is 12.4 Å². The van der Waals surface area contributed by atoms with Crippen molar-refractivity contribution in [2.24, 2.45) is 0 Å². The average Bonchev–Trinajstić information content (AvgIpc) is 2.66. The van der Waals surface area contributed by atoms with Crippen molar-refractivity contribution < 1.29 is 27.2 Å². The lowest BCUT2D eigenvalue weighted by atomic mass is 9.90. The van der Waals surface area contributed by atoms with E-state index >= 15 is 0 Å². The highest BCUT2D eigenvalue weighted by Crippen LogP contribution is 2.37. The molecule has 1 atom stereocenters. The van der Waals surface area contributed by atoms with Crippen molar-refractivity contribution in [3.05, 3.63) is 69.5 Å². The number of piperazine rings is 1. The van der Waals surface area contributed by atoms with Gasteiger partial charge in [-0.1, -0.05) is 17.7 Å². The Balaban J connectivity index is 1.71. The topological polar surface area (TPSA) is 40.6 Å². The molecule has 4 rings (SSSR count). The largest absolute Gasteiger partial charge is 0.417 e. The summed E-state index contributed by atoms with van der Waals surface area (Å²) in [4.78, 5) is 28.2. The number of alkyl halides is 3. The third-order valence-electron chi connectivity index (χ3n) is 5.31. The van der Waals surface area contributed by atoms with Crippen molar-refractivity contribution in [2.45, 2.75) is 18.6 Å². The maximum absolute atomic E-state index is 13.6. The monoisotopic (exact) mass is 426 g/mol. The summed E-state index contributed by atoms with van der Waals surface area (Å²) in [5.74, 6) is -2.36. The minimum atomic E-state index is -4.82. The summed E-state index contributed by atoms with van der Waals surface area (Å²) in [7, 11) is 0. The molecule has 0 N–H and O–H groups in total. The molecule has 2 amide bonds. The van der Waals surface area contributed by atoms with Crippen LogP contribution in [0.1, 0.15) is 33.1 Å². The zero-order valence-electron chi connectivity index (χ0n) is 15.0. The molecule has 1 unspecified atom stereocenters. The highest BCUT2D eigenvalue weighted by molar-refractivity contribution is 6.30. The maximum Gasteiger partial charge on any atom is 0.417 e. The van der Waals surface area contributed by atoms with E-state index in [4.69, 9.17) is 11.6 Å². The fraction of sp³-hybridized carbons (Fsp3) is 0.300. The van der Waals surface area contributed by atoms with Crippen LogP contribution in [0, 0.1) is 5.82 Å². The molecule has 0 aromatic heterocycles. The van der Waals surface area contributed by atoms with Gasteiger partial charge >= 0.3 is 6.18 Å². The molecular formula is C20H15ClF4N2O2. The van der Waals surface area contributed by atoms with Gasteiger partial charge in [0.25, 0.3) is 5.91 Å². The lowest BCUT2D eigenvalue weighted by Crippen LogP contribution is -2.55. The minimum Gasteiger partial charge on any atom is -0.332 e. The van der Waals surface area contributed by atoms with Crippen molar-refractivity contribution in [3.8, 4) is 0 Å². The molecule has 2 aromatic carbocycles. The van der Waals surface area contributed by atoms with Crippen molar-refractivity contribution in [2.75, 3.05) is 19.6 Å². The summed E-state index contributed by atoms with van der Waals surface area (Å²) < 4.78 is 53.6. The Morgan fingerprint density at radius 2 is 1.90 bits per heavy atom. The number of hydrogen-bond donors (Lipinski definition) is 0. The molecule has 2 heterocycles. The average molecular weight is 427 g/mol. The molecule has 152 valence electrons. The molecule has 2 aromatic rings. The summed E-state index contributed by atoms with van der Waals surface area (Å²) in [5.41, 5.74) is -0.295. The smallest absolute Gasteiger partial charge is 0.332 e. The molecule has 4 nitrogen and oxygen atoms in total. The highest BCUT2D eigenvalue weighted by Gasteiger charge is 2.41. The number of fused-ring (bicyclic) bond motifs is 3. The number of rotatable bonds is 1. The van der Waals surface area contributed by atoms with E-state index in [0.717, 1.165) is 16.0 Å². The molecule has 1 saturated heterocycles. The van der Waals surface area contributed by atoms with Crippen molar-refractivity contribution >= 4 is 23.4 Å². The van der Waals surface area contributed by atoms with Gasteiger partial charge in [-0.2, -0.15) is 13.2 Å². The maximum atomic E-state index is 13.6. The molecule has 0 bridgehead atoms. The highest BCUT2D eigenvalue weighted by atomic mass is 35.5. The Morgan fingerprint density at radius 3 is 2.62 bits per heavy atom. The molecule has 0 aliphatic carbocycles. The fourth-order valence-electron chi connectivity index (χ4n) is 3.96. The van der Waals surface area contributed by atoms with Crippen LogP contribution in [0.5, 0.6) is 0 Å². The molecule has 0 radical (unpaired) electrons. The predicted octanol–water partition coefficient (Wildman–Crippen LogP) is 4.08. The normalized spacial score (nSPS) is 19.1. The van der Waals surface area contributed by atoms with Crippen LogP contribution in [0.4, 0.5) is 17.6 Å². The predicted molar refractivity (Wildman–Crippen MR) is 96.9 cm³/mol. The zero-order chi connectivity index (χ0) is 20.9. The standard InChI is InChI=1S/C20H15ClF4N2O2/c21-12-2-1-11-5-6-27-17(14(11)7-12)9-26(10-18(27)28)19(29)15-8-13(22)3-4-16(15)20(23,24)25/h1-4,7-8,17H,5-6,9-10H2. The van der Waals surface area contributed by atoms with Crippen molar-refractivity contribution in [1.29, 1.82) is 0 Å². The van der Waals surface area contributed by atoms with E-state index in [-0.39, 0.29) is 19.0 Å². The van der Waals surface area contributed by atoms with Gasteiger partial charge in [-0.15, -0.1) is 0 Å². The zero-order valence-corrected chi connectivity index (χ0v) is 15.7. The van der Waals surface area contributed by atoms with Gasteiger partial charge in [0.05, 0.1) is 17.2 Å². The number of carbonyl (C=O) groups is 2. The first-order valence-electron chi connectivity index (χ1n) is 8.89. The third-order valence-corrected chi connectivity index (χ3v) is 5.54. The first kappa shape index (κ1) is 19.7. The Morgan fingerprint density at radius 1 is 1.14 bits per heavy atom. The second kappa shape index (κ2) is 7.02. The van der Waals surface area contributed by atoms with Gasteiger partial charge in [-0.3, -0.25) is 9.59 Å². The molecule has 2 aliphatic rings. The van der Waals surface area contributed by atoms with Crippen molar-refractivity contribution in [3.63, 3.8) is 0 Å². The van der Waals surface area contributed by atoms with Gasteiger partial charge in [-0.25, -0.2) is 4.39 Å². The fourth-order valence-corrected chi connectivity index (χ4v) is 4.14.